The third kappa shape index (κ3) is 2.87. The summed E-state index contributed by atoms with van der Waals surface area (Å²) in [6, 6.07) is 8.55. The molecule has 17 heavy (non-hydrogen) atoms. The highest BCUT2D eigenvalue weighted by atomic mass is 15.3. The fourth-order valence-corrected chi connectivity index (χ4v) is 1.90. The number of aromatic nitrogens is 2. The van der Waals surface area contributed by atoms with Crippen molar-refractivity contribution in [1.29, 1.82) is 0 Å². The van der Waals surface area contributed by atoms with Gasteiger partial charge in [0.2, 0.25) is 0 Å². The van der Waals surface area contributed by atoms with Crippen molar-refractivity contribution in [3.05, 3.63) is 47.8 Å². The SMILES string of the molecule is CCc1ccccc1CNc1cnn(CC)c1. The van der Waals surface area contributed by atoms with Crippen molar-refractivity contribution in [3.63, 3.8) is 0 Å². The molecule has 2 aromatic rings. The normalized spacial score (nSPS) is 10.5. The van der Waals surface area contributed by atoms with Crippen LogP contribution in [0, 0.1) is 0 Å². The molecule has 90 valence electrons. The van der Waals surface area contributed by atoms with Crippen LogP contribution in [0.3, 0.4) is 0 Å². The van der Waals surface area contributed by atoms with Crippen molar-refractivity contribution in [3.8, 4) is 0 Å². The van der Waals surface area contributed by atoms with Gasteiger partial charge in [0.1, 0.15) is 0 Å². The van der Waals surface area contributed by atoms with Crippen molar-refractivity contribution in [1.82, 2.24) is 9.78 Å². The Bertz CT molecular complexity index is 474. The molecule has 1 heterocycles. The maximum Gasteiger partial charge on any atom is 0.0729 e. The van der Waals surface area contributed by atoms with Gasteiger partial charge in [-0.25, -0.2) is 0 Å². The standard InChI is InChI=1S/C14H19N3/c1-3-12-7-5-6-8-13(12)9-15-14-10-16-17(4-2)11-14/h5-8,10-11,15H,3-4,9H2,1-2H3. The van der Waals surface area contributed by atoms with Crippen LogP contribution >= 0.6 is 0 Å². The maximum atomic E-state index is 4.24. The number of rotatable bonds is 5. The number of nitrogens with one attached hydrogen (secondary N) is 1. The fraction of sp³-hybridized carbons (Fsp3) is 0.357. The second-order valence-corrected chi connectivity index (χ2v) is 4.06. The number of benzene rings is 1. The molecule has 0 aliphatic rings. The average molecular weight is 229 g/mol. The van der Waals surface area contributed by atoms with Crippen LogP contribution in [-0.2, 0) is 19.5 Å². The lowest BCUT2D eigenvalue weighted by molar-refractivity contribution is 0.660. The molecule has 1 aromatic carbocycles. The van der Waals surface area contributed by atoms with Gasteiger partial charge in [0.15, 0.2) is 0 Å². The Morgan fingerprint density at radius 3 is 2.59 bits per heavy atom. The zero-order valence-corrected chi connectivity index (χ0v) is 10.5. The minimum absolute atomic E-state index is 0.861. The van der Waals surface area contributed by atoms with Crippen molar-refractivity contribution in [2.24, 2.45) is 0 Å². The summed E-state index contributed by atoms with van der Waals surface area (Å²) in [5.74, 6) is 0. The lowest BCUT2D eigenvalue weighted by Crippen LogP contribution is -2.01. The van der Waals surface area contributed by atoms with E-state index in [4.69, 9.17) is 0 Å². The topological polar surface area (TPSA) is 29.9 Å². The summed E-state index contributed by atoms with van der Waals surface area (Å²) in [7, 11) is 0. The van der Waals surface area contributed by atoms with Crippen LogP contribution in [0.2, 0.25) is 0 Å². The van der Waals surface area contributed by atoms with Crippen molar-refractivity contribution in [2.45, 2.75) is 33.4 Å². The van der Waals surface area contributed by atoms with E-state index in [0.717, 1.165) is 25.2 Å². The minimum atomic E-state index is 0.861. The lowest BCUT2D eigenvalue weighted by Gasteiger charge is -2.08. The van der Waals surface area contributed by atoms with Crippen molar-refractivity contribution in [2.75, 3.05) is 5.32 Å². The third-order valence-electron chi connectivity index (χ3n) is 2.94. The number of nitrogens with zero attached hydrogens (tertiary/aromatic N) is 2. The maximum absolute atomic E-state index is 4.24. The first kappa shape index (κ1) is 11.7. The van der Waals surface area contributed by atoms with Crippen LogP contribution in [-0.4, -0.2) is 9.78 Å². The van der Waals surface area contributed by atoms with Crippen LogP contribution in [0.5, 0.6) is 0 Å². The predicted molar refractivity (Wildman–Crippen MR) is 71.0 cm³/mol. The quantitative estimate of drug-likeness (QED) is 0.854. The molecule has 2 rings (SSSR count). The summed E-state index contributed by atoms with van der Waals surface area (Å²) in [6.07, 6.45) is 4.98. The average Bonchev–Trinajstić information content (AvgIpc) is 2.84. The fourth-order valence-electron chi connectivity index (χ4n) is 1.90. The van der Waals surface area contributed by atoms with Gasteiger partial charge in [-0.05, 0) is 24.5 Å². The predicted octanol–water partition coefficient (Wildman–Crippen LogP) is 3.08. The molecule has 1 aromatic heterocycles. The van der Waals surface area contributed by atoms with Gasteiger partial charge >= 0.3 is 0 Å². The lowest BCUT2D eigenvalue weighted by atomic mass is 10.1. The van der Waals surface area contributed by atoms with E-state index >= 15 is 0 Å². The molecule has 1 N–H and O–H groups in total. The summed E-state index contributed by atoms with van der Waals surface area (Å²) in [4.78, 5) is 0. The molecule has 3 heteroatoms. The second-order valence-electron chi connectivity index (χ2n) is 4.06. The van der Waals surface area contributed by atoms with Gasteiger partial charge < -0.3 is 5.32 Å². The molecule has 0 saturated carbocycles. The van der Waals surface area contributed by atoms with Gasteiger partial charge in [-0.2, -0.15) is 5.10 Å². The number of anilines is 1. The molecular weight excluding hydrogens is 210 g/mol. The highest BCUT2D eigenvalue weighted by Crippen LogP contribution is 2.12. The van der Waals surface area contributed by atoms with Crippen LogP contribution in [0.25, 0.3) is 0 Å². The van der Waals surface area contributed by atoms with Crippen molar-refractivity contribution < 1.29 is 0 Å². The van der Waals surface area contributed by atoms with Gasteiger partial charge in [-0.3, -0.25) is 4.68 Å². The minimum Gasteiger partial charge on any atom is -0.378 e. The molecule has 0 unspecified atom stereocenters. The van der Waals surface area contributed by atoms with E-state index in [0.29, 0.717) is 0 Å². The number of hydrogen-bond acceptors (Lipinski definition) is 2. The van der Waals surface area contributed by atoms with E-state index in [9.17, 15) is 0 Å². The zero-order valence-electron chi connectivity index (χ0n) is 10.5. The Kier molecular flexibility index (Phi) is 3.81. The Labute approximate surface area is 102 Å². The van der Waals surface area contributed by atoms with E-state index in [1.807, 2.05) is 17.1 Å². The van der Waals surface area contributed by atoms with E-state index in [1.54, 1.807) is 0 Å². The summed E-state index contributed by atoms with van der Waals surface area (Å²) in [5, 5.41) is 7.65. The van der Waals surface area contributed by atoms with E-state index in [1.165, 1.54) is 11.1 Å². The highest BCUT2D eigenvalue weighted by molar-refractivity contribution is 5.40. The second kappa shape index (κ2) is 5.53. The van der Waals surface area contributed by atoms with Gasteiger partial charge in [0, 0.05) is 19.3 Å². The Morgan fingerprint density at radius 1 is 1.18 bits per heavy atom. The summed E-state index contributed by atoms with van der Waals surface area (Å²) in [5.41, 5.74) is 3.85. The molecule has 0 aliphatic carbocycles. The number of aryl methyl sites for hydroxylation is 2. The highest BCUT2D eigenvalue weighted by Gasteiger charge is 2.00. The zero-order chi connectivity index (χ0) is 12.1. The van der Waals surface area contributed by atoms with Crippen LogP contribution in [0.1, 0.15) is 25.0 Å². The van der Waals surface area contributed by atoms with E-state index in [2.05, 4.69) is 48.5 Å². The Hall–Kier alpha value is -1.77. The molecule has 0 aliphatic heterocycles. The van der Waals surface area contributed by atoms with Gasteiger partial charge in [-0.1, -0.05) is 31.2 Å². The van der Waals surface area contributed by atoms with Crippen molar-refractivity contribution >= 4 is 5.69 Å². The van der Waals surface area contributed by atoms with Gasteiger partial charge in [0.05, 0.1) is 11.9 Å². The first-order chi connectivity index (χ1) is 8.33. The van der Waals surface area contributed by atoms with Crippen LogP contribution in [0.15, 0.2) is 36.7 Å². The Balaban J connectivity index is 2.01. The molecular formula is C14H19N3. The molecule has 0 amide bonds. The van der Waals surface area contributed by atoms with Crippen LogP contribution < -0.4 is 5.32 Å². The summed E-state index contributed by atoms with van der Waals surface area (Å²) < 4.78 is 1.92. The van der Waals surface area contributed by atoms with Gasteiger partial charge in [-0.15, -0.1) is 0 Å². The number of hydrogen-bond donors (Lipinski definition) is 1. The first-order valence-corrected chi connectivity index (χ1v) is 6.16. The largest absolute Gasteiger partial charge is 0.378 e. The summed E-state index contributed by atoms with van der Waals surface area (Å²) >= 11 is 0. The smallest absolute Gasteiger partial charge is 0.0729 e. The molecule has 0 bridgehead atoms. The molecule has 0 fully saturated rings. The van der Waals surface area contributed by atoms with Gasteiger partial charge in [0.25, 0.3) is 0 Å². The third-order valence-corrected chi connectivity index (χ3v) is 2.94. The molecule has 3 nitrogen and oxygen atoms in total. The molecule has 0 radical (unpaired) electrons. The van der Waals surface area contributed by atoms with E-state index < -0.39 is 0 Å². The van der Waals surface area contributed by atoms with Crippen LogP contribution in [0.4, 0.5) is 5.69 Å². The summed E-state index contributed by atoms with van der Waals surface area (Å²) in [6.45, 7) is 6.05. The molecule has 0 spiro atoms. The Morgan fingerprint density at radius 2 is 1.94 bits per heavy atom. The monoisotopic (exact) mass is 229 g/mol. The van der Waals surface area contributed by atoms with E-state index in [-0.39, 0.29) is 0 Å². The molecule has 0 atom stereocenters. The molecule has 0 saturated heterocycles. The first-order valence-electron chi connectivity index (χ1n) is 6.16.